The number of halogens is 1. The van der Waals surface area contributed by atoms with Gasteiger partial charge in [0.2, 0.25) is 5.91 Å². The van der Waals surface area contributed by atoms with Crippen molar-refractivity contribution in [2.24, 2.45) is 0 Å². The average Bonchev–Trinajstić information content (AvgIpc) is 3.20. The Hall–Kier alpha value is -2.00. The van der Waals surface area contributed by atoms with Gasteiger partial charge in [-0.3, -0.25) is 9.69 Å². The maximum Gasteiger partial charge on any atom is 0.229 e. The molecular formula is C24H32ClN3O3S2. The van der Waals surface area contributed by atoms with Crippen LogP contribution in [0.15, 0.2) is 47.4 Å². The van der Waals surface area contributed by atoms with E-state index in [1.165, 1.54) is 11.3 Å². The van der Waals surface area contributed by atoms with Crippen LogP contribution >= 0.6 is 23.7 Å². The van der Waals surface area contributed by atoms with Gasteiger partial charge in [-0.05, 0) is 56.3 Å². The van der Waals surface area contributed by atoms with Crippen LogP contribution in [0.3, 0.4) is 0 Å². The fourth-order valence-electron chi connectivity index (χ4n) is 3.69. The predicted octanol–water partition coefficient (Wildman–Crippen LogP) is 4.87. The normalized spacial score (nSPS) is 11.5. The van der Waals surface area contributed by atoms with E-state index in [1.54, 1.807) is 35.2 Å². The van der Waals surface area contributed by atoms with Crippen molar-refractivity contribution in [2.45, 2.75) is 39.0 Å². The number of sulfone groups is 1. The highest BCUT2D eigenvalue weighted by atomic mass is 35.5. The molecule has 6 nitrogen and oxygen atoms in total. The number of carbonyl (C=O) groups excluding carboxylic acids is 1. The van der Waals surface area contributed by atoms with E-state index in [4.69, 9.17) is 4.98 Å². The number of nitrogens with zero attached hydrogens (tertiary/aromatic N) is 3. The fraction of sp³-hybridized carbons (Fsp3) is 0.417. The van der Waals surface area contributed by atoms with Gasteiger partial charge in [0.05, 0.1) is 20.9 Å². The first-order valence-corrected chi connectivity index (χ1v) is 13.4. The predicted molar refractivity (Wildman–Crippen MR) is 140 cm³/mol. The lowest BCUT2D eigenvalue weighted by Crippen LogP contribution is -2.39. The van der Waals surface area contributed by atoms with Crippen LogP contribution in [0.2, 0.25) is 0 Å². The van der Waals surface area contributed by atoms with Crippen LogP contribution in [-0.2, 0) is 14.6 Å². The Balaban J connectivity index is 0.00000385. The van der Waals surface area contributed by atoms with Crippen LogP contribution in [0.5, 0.6) is 0 Å². The minimum atomic E-state index is -3.52. The van der Waals surface area contributed by atoms with E-state index in [0.29, 0.717) is 18.2 Å². The maximum atomic E-state index is 13.2. The summed E-state index contributed by atoms with van der Waals surface area (Å²) in [6.45, 7) is 11.2. The Morgan fingerprint density at radius 1 is 1.03 bits per heavy atom. The van der Waals surface area contributed by atoms with Crippen molar-refractivity contribution in [2.75, 3.05) is 36.8 Å². The van der Waals surface area contributed by atoms with Crippen LogP contribution < -0.4 is 4.90 Å². The van der Waals surface area contributed by atoms with Crippen LogP contribution in [-0.4, -0.2) is 56.1 Å². The van der Waals surface area contributed by atoms with E-state index in [9.17, 15) is 13.2 Å². The van der Waals surface area contributed by atoms with E-state index in [0.717, 1.165) is 34.4 Å². The van der Waals surface area contributed by atoms with Gasteiger partial charge in [-0.15, -0.1) is 12.4 Å². The number of fused-ring (bicyclic) bond motifs is 1. The molecule has 1 aromatic heterocycles. The molecule has 0 aliphatic carbocycles. The van der Waals surface area contributed by atoms with Gasteiger partial charge in [-0.1, -0.05) is 49.4 Å². The smallest absolute Gasteiger partial charge is 0.229 e. The molecule has 0 aliphatic rings. The standard InChI is InChI=1S/C24H31N3O3S2.ClH/c1-5-26(6-2)13-14-27(24-25-21-17-18(3)16-19(4)23(21)31-24)22(28)12-15-32(29,30)20-10-8-7-9-11-20;/h7-11,16-17H,5-6,12-15H2,1-4H3;1H. The Labute approximate surface area is 207 Å². The van der Waals surface area contributed by atoms with Gasteiger partial charge in [-0.25, -0.2) is 13.4 Å². The molecule has 0 fully saturated rings. The Bertz CT molecular complexity index is 1180. The number of rotatable bonds is 10. The third kappa shape index (κ3) is 6.76. The minimum absolute atomic E-state index is 0. The van der Waals surface area contributed by atoms with Gasteiger partial charge in [-0.2, -0.15) is 0 Å². The molecule has 9 heteroatoms. The lowest BCUT2D eigenvalue weighted by Gasteiger charge is -2.24. The molecule has 0 saturated carbocycles. The van der Waals surface area contributed by atoms with Crippen molar-refractivity contribution in [1.82, 2.24) is 9.88 Å². The third-order valence-electron chi connectivity index (χ3n) is 5.56. The molecule has 33 heavy (non-hydrogen) atoms. The SMILES string of the molecule is CCN(CC)CCN(C(=O)CCS(=O)(=O)c1ccccc1)c1nc2cc(C)cc(C)c2s1.Cl. The van der Waals surface area contributed by atoms with E-state index in [-0.39, 0.29) is 35.4 Å². The van der Waals surface area contributed by atoms with Crippen molar-refractivity contribution in [3.05, 3.63) is 53.6 Å². The number of hydrogen-bond donors (Lipinski definition) is 0. The molecule has 0 spiro atoms. The zero-order chi connectivity index (χ0) is 23.3. The molecule has 0 bridgehead atoms. The molecule has 3 rings (SSSR count). The molecule has 0 radical (unpaired) electrons. The fourth-order valence-corrected chi connectivity index (χ4v) is 6.00. The van der Waals surface area contributed by atoms with Crippen molar-refractivity contribution in [1.29, 1.82) is 0 Å². The summed E-state index contributed by atoms with van der Waals surface area (Å²) in [5.74, 6) is -0.439. The largest absolute Gasteiger partial charge is 0.302 e. The average molecular weight is 510 g/mol. The Morgan fingerprint density at radius 3 is 2.33 bits per heavy atom. The molecule has 0 saturated heterocycles. The molecule has 0 unspecified atom stereocenters. The van der Waals surface area contributed by atoms with Gasteiger partial charge < -0.3 is 4.90 Å². The molecule has 180 valence electrons. The van der Waals surface area contributed by atoms with Gasteiger partial charge in [0.25, 0.3) is 0 Å². The number of aryl methyl sites for hydroxylation is 2. The number of amides is 1. The van der Waals surface area contributed by atoms with Crippen LogP contribution in [0.25, 0.3) is 10.2 Å². The first-order chi connectivity index (χ1) is 15.2. The zero-order valence-electron chi connectivity index (χ0n) is 19.6. The van der Waals surface area contributed by atoms with Crippen molar-refractivity contribution >= 4 is 54.8 Å². The molecule has 0 aliphatic heterocycles. The lowest BCUT2D eigenvalue weighted by atomic mass is 10.1. The molecular weight excluding hydrogens is 478 g/mol. The van der Waals surface area contributed by atoms with Crippen molar-refractivity contribution in [3.63, 3.8) is 0 Å². The molecule has 0 atom stereocenters. The van der Waals surface area contributed by atoms with E-state index >= 15 is 0 Å². The summed E-state index contributed by atoms with van der Waals surface area (Å²) in [5.41, 5.74) is 3.13. The highest BCUT2D eigenvalue weighted by molar-refractivity contribution is 7.91. The molecule has 2 aromatic carbocycles. The first-order valence-electron chi connectivity index (χ1n) is 10.9. The third-order valence-corrected chi connectivity index (χ3v) is 8.52. The molecule has 0 N–H and O–H groups in total. The summed E-state index contributed by atoms with van der Waals surface area (Å²) in [4.78, 5) is 22.1. The number of carbonyl (C=O) groups is 1. The summed E-state index contributed by atoms with van der Waals surface area (Å²) >= 11 is 1.49. The van der Waals surface area contributed by atoms with Crippen molar-refractivity contribution < 1.29 is 13.2 Å². The highest BCUT2D eigenvalue weighted by Gasteiger charge is 2.24. The molecule has 1 amide bonds. The monoisotopic (exact) mass is 509 g/mol. The van der Waals surface area contributed by atoms with E-state index < -0.39 is 9.84 Å². The molecule has 1 heterocycles. The summed E-state index contributed by atoms with van der Waals surface area (Å²) in [5, 5.41) is 0.628. The van der Waals surface area contributed by atoms with Crippen LogP contribution in [0.4, 0.5) is 5.13 Å². The van der Waals surface area contributed by atoms with Gasteiger partial charge in [0.15, 0.2) is 15.0 Å². The Morgan fingerprint density at radius 2 is 1.70 bits per heavy atom. The number of anilines is 1. The summed E-state index contributed by atoms with van der Waals surface area (Å²) in [7, 11) is -3.52. The summed E-state index contributed by atoms with van der Waals surface area (Å²) in [6, 6.07) is 12.4. The van der Waals surface area contributed by atoms with Crippen molar-refractivity contribution in [3.8, 4) is 0 Å². The second-order valence-electron chi connectivity index (χ2n) is 7.88. The summed E-state index contributed by atoms with van der Waals surface area (Å²) < 4.78 is 26.4. The second-order valence-corrected chi connectivity index (χ2v) is 11.0. The minimum Gasteiger partial charge on any atom is -0.302 e. The zero-order valence-corrected chi connectivity index (χ0v) is 22.0. The topological polar surface area (TPSA) is 70.6 Å². The maximum absolute atomic E-state index is 13.2. The highest BCUT2D eigenvalue weighted by Crippen LogP contribution is 2.32. The number of benzene rings is 2. The quantitative estimate of drug-likeness (QED) is 0.390. The first kappa shape index (κ1) is 27.2. The van der Waals surface area contributed by atoms with Crippen LogP contribution in [0, 0.1) is 13.8 Å². The summed E-state index contributed by atoms with van der Waals surface area (Å²) in [6.07, 6.45) is -0.0799. The number of aromatic nitrogens is 1. The van der Waals surface area contributed by atoms with Gasteiger partial charge in [0, 0.05) is 19.5 Å². The lowest BCUT2D eigenvalue weighted by molar-refractivity contribution is -0.118. The number of likely N-dealkylation sites (N-methyl/N-ethyl adjacent to an activating group) is 1. The van der Waals surface area contributed by atoms with E-state index in [2.05, 4.69) is 24.8 Å². The number of hydrogen-bond acceptors (Lipinski definition) is 6. The van der Waals surface area contributed by atoms with Gasteiger partial charge in [0.1, 0.15) is 0 Å². The second kappa shape index (κ2) is 11.9. The molecule has 3 aromatic rings. The van der Waals surface area contributed by atoms with E-state index in [1.807, 2.05) is 19.9 Å². The van der Waals surface area contributed by atoms with Crippen LogP contribution in [0.1, 0.15) is 31.4 Å². The van der Waals surface area contributed by atoms with Gasteiger partial charge >= 0.3 is 0 Å². The Kier molecular flexibility index (Phi) is 9.84. The number of thiazole rings is 1.